The number of rotatable bonds is 2. The highest BCUT2D eigenvalue weighted by Crippen LogP contribution is 2.41. The summed E-state index contributed by atoms with van der Waals surface area (Å²) in [6.45, 7) is 0. The van der Waals surface area contributed by atoms with Crippen LogP contribution in [0.2, 0.25) is 0 Å². The highest BCUT2D eigenvalue weighted by Gasteiger charge is 2.39. The molecule has 4 unspecified atom stereocenters. The summed E-state index contributed by atoms with van der Waals surface area (Å²) in [6, 6.07) is 0.341. The molecular formula is C11H21NO2S. The zero-order valence-corrected chi connectivity index (χ0v) is 10.2. The molecule has 2 saturated carbocycles. The van der Waals surface area contributed by atoms with Crippen molar-refractivity contribution in [3.8, 4) is 0 Å². The van der Waals surface area contributed by atoms with Gasteiger partial charge in [-0.05, 0) is 37.5 Å². The standard InChI is InChI=1S/C11H21NO2S/c1-15(13,14)9-4-2-3-8(7-9)10-5-6-11(10)12/h8-11H,2-7,12H2,1H3. The first-order chi connectivity index (χ1) is 6.98. The van der Waals surface area contributed by atoms with Crippen LogP contribution in [0.15, 0.2) is 0 Å². The summed E-state index contributed by atoms with van der Waals surface area (Å²) in [5, 5.41) is -0.0935. The lowest BCUT2D eigenvalue weighted by molar-refractivity contribution is 0.133. The SMILES string of the molecule is CS(=O)(=O)C1CCCC(C2CCC2N)C1. The van der Waals surface area contributed by atoms with Crippen LogP contribution in [0.5, 0.6) is 0 Å². The molecule has 0 aromatic heterocycles. The number of nitrogens with two attached hydrogens (primary N) is 1. The van der Waals surface area contributed by atoms with Crippen molar-refractivity contribution >= 4 is 9.84 Å². The summed E-state index contributed by atoms with van der Waals surface area (Å²) in [4.78, 5) is 0. The Balaban J connectivity index is 1.98. The molecule has 0 bridgehead atoms. The van der Waals surface area contributed by atoms with Gasteiger partial charge < -0.3 is 5.73 Å². The van der Waals surface area contributed by atoms with E-state index >= 15 is 0 Å². The maximum absolute atomic E-state index is 11.5. The number of hydrogen-bond donors (Lipinski definition) is 1. The topological polar surface area (TPSA) is 60.2 Å². The Labute approximate surface area is 92.3 Å². The first-order valence-electron chi connectivity index (χ1n) is 5.93. The van der Waals surface area contributed by atoms with E-state index in [0.29, 0.717) is 17.9 Å². The Morgan fingerprint density at radius 1 is 1.13 bits per heavy atom. The van der Waals surface area contributed by atoms with Gasteiger partial charge in [-0.1, -0.05) is 12.8 Å². The summed E-state index contributed by atoms with van der Waals surface area (Å²) in [7, 11) is -2.83. The summed E-state index contributed by atoms with van der Waals surface area (Å²) in [6.07, 6.45) is 7.68. The molecule has 2 rings (SSSR count). The maximum Gasteiger partial charge on any atom is 0.150 e. The monoisotopic (exact) mass is 231 g/mol. The molecule has 3 nitrogen and oxygen atoms in total. The van der Waals surface area contributed by atoms with E-state index < -0.39 is 9.84 Å². The molecule has 2 aliphatic rings. The molecule has 0 saturated heterocycles. The zero-order chi connectivity index (χ0) is 11.1. The van der Waals surface area contributed by atoms with Gasteiger partial charge in [0.1, 0.15) is 9.84 Å². The molecule has 0 aliphatic heterocycles. The van der Waals surface area contributed by atoms with E-state index in [1.165, 1.54) is 19.1 Å². The fourth-order valence-corrected chi connectivity index (χ4v) is 4.29. The van der Waals surface area contributed by atoms with Gasteiger partial charge in [-0.3, -0.25) is 0 Å². The maximum atomic E-state index is 11.5. The van der Waals surface area contributed by atoms with Crippen LogP contribution < -0.4 is 5.73 Å². The molecule has 15 heavy (non-hydrogen) atoms. The van der Waals surface area contributed by atoms with Crippen molar-refractivity contribution in [2.75, 3.05) is 6.26 Å². The normalized spacial score (nSPS) is 42.3. The van der Waals surface area contributed by atoms with Crippen LogP contribution >= 0.6 is 0 Å². The van der Waals surface area contributed by atoms with Gasteiger partial charge in [0.05, 0.1) is 5.25 Å². The average Bonchev–Trinajstić information content (AvgIpc) is 2.15. The van der Waals surface area contributed by atoms with Crippen LogP contribution in [0.1, 0.15) is 38.5 Å². The first kappa shape index (κ1) is 11.4. The second-order valence-corrected chi connectivity index (χ2v) is 7.61. The Hall–Kier alpha value is -0.0900. The molecule has 4 heteroatoms. The fourth-order valence-electron chi connectivity index (χ4n) is 3.10. The van der Waals surface area contributed by atoms with Crippen molar-refractivity contribution in [2.24, 2.45) is 17.6 Å². The summed E-state index contributed by atoms with van der Waals surface area (Å²) in [5.41, 5.74) is 5.96. The van der Waals surface area contributed by atoms with Crippen molar-refractivity contribution in [1.29, 1.82) is 0 Å². The molecule has 0 aromatic carbocycles. The lowest BCUT2D eigenvalue weighted by atomic mass is 9.67. The second kappa shape index (κ2) is 4.06. The van der Waals surface area contributed by atoms with Crippen LogP contribution in [0, 0.1) is 11.8 Å². The van der Waals surface area contributed by atoms with Gasteiger partial charge in [0.2, 0.25) is 0 Å². The van der Waals surface area contributed by atoms with Crippen LogP contribution in [0.25, 0.3) is 0 Å². The average molecular weight is 231 g/mol. The minimum atomic E-state index is -2.83. The minimum Gasteiger partial charge on any atom is -0.327 e. The number of hydrogen-bond acceptors (Lipinski definition) is 3. The quantitative estimate of drug-likeness (QED) is 0.780. The fraction of sp³-hybridized carbons (Fsp3) is 1.00. The zero-order valence-electron chi connectivity index (χ0n) is 9.35. The van der Waals surface area contributed by atoms with Crippen LogP contribution in [0.3, 0.4) is 0 Å². The second-order valence-electron chi connectivity index (χ2n) is 5.28. The molecule has 88 valence electrons. The van der Waals surface area contributed by atoms with E-state index in [1.807, 2.05) is 0 Å². The van der Waals surface area contributed by atoms with E-state index in [2.05, 4.69) is 0 Å². The summed E-state index contributed by atoms with van der Waals surface area (Å²) >= 11 is 0. The van der Waals surface area contributed by atoms with Gasteiger partial charge in [-0.25, -0.2) is 8.42 Å². The molecule has 0 radical (unpaired) electrons. The molecule has 0 spiro atoms. The molecule has 2 fully saturated rings. The Morgan fingerprint density at radius 2 is 1.87 bits per heavy atom. The van der Waals surface area contributed by atoms with Gasteiger partial charge in [0.15, 0.2) is 0 Å². The van der Waals surface area contributed by atoms with Crippen molar-refractivity contribution in [2.45, 2.75) is 49.8 Å². The van der Waals surface area contributed by atoms with Gasteiger partial charge in [0, 0.05) is 12.3 Å². The Morgan fingerprint density at radius 3 is 2.33 bits per heavy atom. The predicted molar refractivity (Wildman–Crippen MR) is 61.3 cm³/mol. The van der Waals surface area contributed by atoms with E-state index in [4.69, 9.17) is 5.73 Å². The smallest absolute Gasteiger partial charge is 0.150 e. The molecule has 0 heterocycles. The van der Waals surface area contributed by atoms with Gasteiger partial charge >= 0.3 is 0 Å². The number of sulfone groups is 1. The Bertz CT molecular complexity index is 325. The predicted octanol–water partition coefficient (Wildman–Crippen LogP) is 1.33. The largest absolute Gasteiger partial charge is 0.327 e. The lowest BCUT2D eigenvalue weighted by Gasteiger charge is -2.43. The van der Waals surface area contributed by atoms with E-state index in [1.54, 1.807) is 0 Å². The van der Waals surface area contributed by atoms with E-state index in [9.17, 15) is 8.42 Å². The van der Waals surface area contributed by atoms with E-state index in [0.717, 1.165) is 25.7 Å². The molecule has 4 atom stereocenters. The minimum absolute atomic E-state index is 0.0935. The van der Waals surface area contributed by atoms with Crippen molar-refractivity contribution < 1.29 is 8.42 Å². The first-order valence-corrected chi connectivity index (χ1v) is 7.88. The van der Waals surface area contributed by atoms with Crippen molar-refractivity contribution in [3.05, 3.63) is 0 Å². The van der Waals surface area contributed by atoms with Crippen molar-refractivity contribution in [3.63, 3.8) is 0 Å². The highest BCUT2D eigenvalue weighted by atomic mass is 32.2. The molecule has 2 aliphatic carbocycles. The van der Waals surface area contributed by atoms with Crippen LogP contribution in [-0.2, 0) is 9.84 Å². The molecular weight excluding hydrogens is 210 g/mol. The molecule has 0 amide bonds. The third-order valence-corrected chi connectivity index (χ3v) is 5.90. The molecule has 2 N–H and O–H groups in total. The van der Waals surface area contributed by atoms with Gasteiger partial charge in [-0.2, -0.15) is 0 Å². The third kappa shape index (κ3) is 2.36. The molecule has 0 aromatic rings. The summed E-state index contributed by atoms with van der Waals surface area (Å²) in [5.74, 6) is 1.18. The van der Waals surface area contributed by atoms with Crippen LogP contribution in [0.4, 0.5) is 0 Å². The van der Waals surface area contributed by atoms with Crippen molar-refractivity contribution in [1.82, 2.24) is 0 Å². The third-order valence-electron chi connectivity index (χ3n) is 4.26. The highest BCUT2D eigenvalue weighted by molar-refractivity contribution is 7.91. The van der Waals surface area contributed by atoms with E-state index in [-0.39, 0.29) is 5.25 Å². The van der Waals surface area contributed by atoms with Gasteiger partial charge in [-0.15, -0.1) is 0 Å². The lowest BCUT2D eigenvalue weighted by Crippen LogP contribution is -2.46. The van der Waals surface area contributed by atoms with Gasteiger partial charge in [0.25, 0.3) is 0 Å². The van der Waals surface area contributed by atoms with Crippen LogP contribution in [-0.4, -0.2) is 26.0 Å². The summed E-state index contributed by atoms with van der Waals surface area (Å²) < 4.78 is 23.0. The Kier molecular flexibility index (Phi) is 3.08.